The van der Waals surface area contributed by atoms with E-state index in [2.05, 4.69) is 46.4 Å². The zero-order valence-electron chi connectivity index (χ0n) is 10.3. The molecule has 0 aromatic heterocycles. The minimum atomic E-state index is 0.773. The average molecular weight is 185 g/mol. The van der Waals surface area contributed by atoms with Crippen LogP contribution in [0.3, 0.4) is 0 Å². The van der Waals surface area contributed by atoms with Crippen LogP contribution in [0, 0.1) is 11.8 Å². The number of nitrogens with zero attached hydrogens (tertiary/aromatic N) is 1. The van der Waals surface area contributed by atoms with Crippen molar-refractivity contribution in [2.75, 3.05) is 13.1 Å². The lowest BCUT2D eigenvalue weighted by Crippen LogP contribution is -2.40. The fourth-order valence-corrected chi connectivity index (χ4v) is 2.10. The Labute approximate surface area is 84.5 Å². The molecule has 0 spiro atoms. The molecule has 0 fully saturated rings. The Morgan fingerprint density at radius 2 is 1.38 bits per heavy atom. The molecule has 0 aliphatic heterocycles. The normalized spacial score (nSPS) is 16.6. The third-order valence-corrected chi connectivity index (χ3v) is 3.36. The van der Waals surface area contributed by atoms with Crippen molar-refractivity contribution in [1.29, 1.82) is 0 Å². The van der Waals surface area contributed by atoms with Gasteiger partial charge in [0.25, 0.3) is 0 Å². The van der Waals surface area contributed by atoms with Gasteiger partial charge in [-0.25, -0.2) is 0 Å². The smallest absolute Gasteiger partial charge is 0.0120 e. The topological polar surface area (TPSA) is 3.24 Å². The molecule has 0 aromatic rings. The highest BCUT2D eigenvalue weighted by Crippen LogP contribution is 2.21. The quantitative estimate of drug-likeness (QED) is 0.613. The lowest BCUT2D eigenvalue weighted by molar-refractivity contribution is 0.132. The molecular formula is C12H27N. The van der Waals surface area contributed by atoms with Crippen LogP contribution in [0.2, 0.25) is 0 Å². The van der Waals surface area contributed by atoms with Crippen molar-refractivity contribution >= 4 is 0 Å². The second-order valence-electron chi connectivity index (χ2n) is 4.30. The van der Waals surface area contributed by atoms with Crippen LogP contribution >= 0.6 is 0 Å². The van der Waals surface area contributed by atoms with Gasteiger partial charge in [0.1, 0.15) is 0 Å². The molecule has 13 heavy (non-hydrogen) atoms. The molecule has 0 heterocycles. The van der Waals surface area contributed by atoms with Gasteiger partial charge in [0, 0.05) is 6.04 Å². The van der Waals surface area contributed by atoms with Crippen LogP contribution in [-0.2, 0) is 0 Å². The van der Waals surface area contributed by atoms with Gasteiger partial charge in [-0.05, 0) is 31.3 Å². The highest BCUT2D eigenvalue weighted by Gasteiger charge is 2.22. The molecule has 0 aliphatic rings. The monoisotopic (exact) mass is 185 g/mol. The molecule has 0 rings (SSSR count). The van der Waals surface area contributed by atoms with Crippen molar-refractivity contribution in [3.8, 4) is 0 Å². The van der Waals surface area contributed by atoms with Crippen LogP contribution < -0.4 is 0 Å². The van der Waals surface area contributed by atoms with E-state index in [1.807, 2.05) is 0 Å². The van der Waals surface area contributed by atoms with E-state index in [0.717, 1.165) is 17.9 Å². The summed E-state index contributed by atoms with van der Waals surface area (Å²) in [5, 5.41) is 0. The van der Waals surface area contributed by atoms with E-state index in [0.29, 0.717) is 0 Å². The van der Waals surface area contributed by atoms with Crippen LogP contribution in [0.4, 0.5) is 0 Å². The van der Waals surface area contributed by atoms with E-state index < -0.39 is 0 Å². The first-order chi connectivity index (χ1) is 6.08. The van der Waals surface area contributed by atoms with Crippen LogP contribution in [-0.4, -0.2) is 24.0 Å². The van der Waals surface area contributed by atoms with Gasteiger partial charge in [-0.3, -0.25) is 0 Å². The minimum Gasteiger partial charge on any atom is -0.301 e. The molecule has 1 heteroatoms. The summed E-state index contributed by atoms with van der Waals surface area (Å²) in [6.45, 7) is 16.3. The molecule has 0 radical (unpaired) electrons. The summed E-state index contributed by atoms with van der Waals surface area (Å²) in [6, 6.07) is 0.773. The Bertz CT molecular complexity index is 114. The van der Waals surface area contributed by atoms with E-state index in [1.165, 1.54) is 19.5 Å². The van der Waals surface area contributed by atoms with Gasteiger partial charge in [0.15, 0.2) is 0 Å². The summed E-state index contributed by atoms with van der Waals surface area (Å²) in [5.41, 5.74) is 0. The van der Waals surface area contributed by atoms with Crippen molar-refractivity contribution in [1.82, 2.24) is 4.90 Å². The van der Waals surface area contributed by atoms with Crippen molar-refractivity contribution in [2.45, 2.75) is 54.0 Å². The van der Waals surface area contributed by atoms with Crippen molar-refractivity contribution in [2.24, 2.45) is 11.8 Å². The molecule has 2 atom stereocenters. The number of hydrogen-bond acceptors (Lipinski definition) is 1. The molecular weight excluding hydrogens is 158 g/mol. The van der Waals surface area contributed by atoms with E-state index in [-0.39, 0.29) is 0 Å². The van der Waals surface area contributed by atoms with Crippen LogP contribution in [0.25, 0.3) is 0 Å². The van der Waals surface area contributed by atoms with Gasteiger partial charge in [0.05, 0.1) is 0 Å². The summed E-state index contributed by atoms with van der Waals surface area (Å²) in [4.78, 5) is 2.59. The maximum atomic E-state index is 2.59. The van der Waals surface area contributed by atoms with Gasteiger partial charge in [-0.1, -0.05) is 41.5 Å². The predicted octanol–water partition coefficient (Wildman–Crippen LogP) is 3.40. The van der Waals surface area contributed by atoms with Gasteiger partial charge in [-0.15, -0.1) is 0 Å². The summed E-state index contributed by atoms with van der Waals surface area (Å²) in [6.07, 6.45) is 1.28. The van der Waals surface area contributed by atoms with Crippen molar-refractivity contribution in [3.05, 3.63) is 0 Å². The minimum absolute atomic E-state index is 0.773. The van der Waals surface area contributed by atoms with Crippen molar-refractivity contribution < 1.29 is 0 Å². The summed E-state index contributed by atoms with van der Waals surface area (Å²) >= 11 is 0. The number of rotatable bonds is 6. The molecule has 0 aliphatic carbocycles. The Kier molecular flexibility index (Phi) is 6.40. The molecule has 0 N–H and O–H groups in total. The predicted molar refractivity (Wildman–Crippen MR) is 61.0 cm³/mol. The summed E-state index contributed by atoms with van der Waals surface area (Å²) in [7, 11) is 0. The van der Waals surface area contributed by atoms with E-state index in [1.54, 1.807) is 0 Å². The second kappa shape index (κ2) is 6.42. The Morgan fingerprint density at radius 1 is 0.923 bits per heavy atom. The fraction of sp³-hybridized carbons (Fsp3) is 1.00. The third kappa shape index (κ3) is 3.68. The van der Waals surface area contributed by atoms with E-state index in [4.69, 9.17) is 0 Å². The first-order valence-electron chi connectivity index (χ1n) is 5.82. The molecule has 0 amide bonds. The highest BCUT2D eigenvalue weighted by atomic mass is 15.1. The maximum absolute atomic E-state index is 2.59. The average Bonchev–Trinajstić information content (AvgIpc) is 2.12. The Morgan fingerprint density at radius 3 is 1.62 bits per heavy atom. The lowest BCUT2D eigenvalue weighted by atomic mass is 9.88. The summed E-state index contributed by atoms with van der Waals surface area (Å²) in [5.74, 6) is 1.61. The van der Waals surface area contributed by atoms with Crippen LogP contribution in [0.5, 0.6) is 0 Å². The zero-order chi connectivity index (χ0) is 10.4. The first kappa shape index (κ1) is 13.0. The van der Waals surface area contributed by atoms with Crippen molar-refractivity contribution in [3.63, 3.8) is 0 Å². The molecule has 0 aromatic carbocycles. The van der Waals surface area contributed by atoms with Crippen LogP contribution in [0.1, 0.15) is 48.0 Å². The Balaban J connectivity index is 4.29. The second-order valence-corrected chi connectivity index (χ2v) is 4.30. The van der Waals surface area contributed by atoms with Gasteiger partial charge < -0.3 is 4.90 Å². The van der Waals surface area contributed by atoms with E-state index >= 15 is 0 Å². The molecule has 2 unspecified atom stereocenters. The molecule has 0 saturated heterocycles. The zero-order valence-corrected chi connectivity index (χ0v) is 10.3. The third-order valence-electron chi connectivity index (χ3n) is 3.36. The number of hydrogen-bond donors (Lipinski definition) is 0. The molecule has 1 nitrogen and oxygen atoms in total. The van der Waals surface area contributed by atoms with Gasteiger partial charge in [0.2, 0.25) is 0 Å². The molecule has 0 saturated carbocycles. The van der Waals surface area contributed by atoms with E-state index in [9.17, 15) is 0 Å². The Hall–Kier alpha value is -0.0400. The standard InChI is InChI=1S/C12H27N/c1-7-12(11(6)10(4)5)13(8-2)9-3/h10-12H,7-9H2,1-6H3. The fourth-order valence-electron chi connectivity index (χ4n) is 2.10. The van der Waals surface area contributed by atoms with Gasteiger partial charge in [-0.2, -0.15) is 0 Å². The molecule has 0 bridgehead atoms. The lowest BCUT2D eigenvalue weighted by Gasteiger charge is -2.35. The highest BCUT2D eigenvalue weighted by molar-refractivity contribution is 4.76. The summed E-state index contributed by atoms with van der Waals surface area (Å²) < 4.78 is 0. The maximum Gasteiger partial charge on any atom is 0.0120 e. The van der Waals surface area contributed by atoms with Gasteiger partial charge >= 0.3 is 0 Å². The largest absolute Gasteiger partial charge is 0.301 e. The first-order valence-corrected chi connectivity index (χ1v) is 5.82. The SMILES string of the molecule is CCC(C(C)C(C)C)N(CC)CC. The molecule has 80 valence electrons. The van der Waals surface area contributed by atoms with Crippen LogP contribution in [0.15, 0.2) is 0 Å².